The van der Waals surface area contributed by atoms with Gasteiger partial charge < -0.3 is 10.6 Å². The normalized spacial score (nSPS) is 9.61. The van der Waals surface area contributed by atoms with Gasteiger partial charge in [-0.2, -0.15) is 5.26 Å². The summed E-state index contributed by atoms with van der Waals surface area (Å²) in [5.74, 6) is -0.0936. The van der Waals surface area contributed by atoms with E-state index in [-0.39, 0.29) is 12.5 Å². The third kappa shape index (κ3) is 4.46. The summed E-state index contributed by atoms with van der Waals surface area (Å²) in [5, 5.41) is 14.1. The maximum atomic E-state index is 11.4. The molecule has 1 amide bonds. The predicted octanol–water partition coefficient (Wildman–Crippen LogP) is 2.00. The molecule has 0 aliphatic heterocycles. The average molecular weight is 245 g/mol. The van der Waals surface area contributed by atoms with E-state index in [1.807, 2.05) is 12.1 Å². The van der Waals surface area contributed by atoms with E-state index in [1.165, 1.54) is 11.1 Å². The zero-order valence-electron chi connectivity index (χ0n) is 10.9. The molecule has 96 valence electrons. The summed E-state index contributed by atoms with van der Waals surface area (Å²) in [5.41, 5.74) is 3.50. The lowest BCUT2D eigenvalue weighted by atomic mass is 10.1. The molecule has 0 saturated heterocycles. The second kappa shape index (κ2) is 7.33. The fourth-order valence-electron chi connectivity index (χ4n) is 1.66. The van der Waals surface area contributed by atoms with Crippen molar-refractivity contribution in [3.63, 3.8) is 0 Å². The zero-order chi connectivity index (χ0) is 13.4. The number of hydrogen-bond acceptors (Lipinski definition) is 3. The third-order valence-corrected chi connectivity index (χ3v) is 2.74. The van der Waals surface area contributed by atoms with Gasteiger partial charge in [0.1, 0.15) is 0 Å². The monoisotopic (exact) mass is 245 g/mol. The highest BCUT2D eigenvalue weighted by Gasteiger charge is 2.02. The molecule has 1 rings (SSSR count). The molecule has 0 unspecified atom stereocenters. The van der Waals surface area contributed by atoms with Crippen molar-refractivity contribution in [2.45, 2.75) is 26.7 Å². The van der Waals surface area contributed by atoms with Crippen LogP contribution in [-0.2, 0) is 11.2 Å². The fourth-order valence-corrected chi connectivity index (χ4v) is 1.66. The van der Waals surface area contributed by atoms with Gasteiger partial charge in [-0.25, -0.2) is 0 Å². The van der Waals surface area contributed by atoms with Gasteiger partial charge in [0.15, 0.2) is 0 Å². The van der Waals surface area contributed by atoms with Crippen LogP contribution >= 0.6 is 0 Å². The summed E-state index contributed by atoms with van der Waals surface area (Å²) >= 11 is 0. The van der Waals surface area contributed by atoms with Crippen molar-refractivity contribution in [1.29, 1.82) is 5.26 Å². The van der Waals surface area contributed by atoms with Crippen LogP contribution < -0.4 is 10.6 Å². The Balaban J connectivity index is 2.44. The van der Waals surface area contributed by atoms with Crippen LogP contribution in [0.15, 0.2) is 18.2 Å². The largest absolute Gasteiger partial charge is 0.376 e. The topological polar surface area (TPSA) is 64.9 Å². The molecule has 0 heterocycles. The van der Waals surface area contributed by atoms with Gasteiger partial charge in [-0.15, -0.1) is 0 Å². The Hall–Kier alpha value is -2.02. The third-order valence-electron chi connectivity index (χ3n) is 2.74. The Labute approximate surface area is 108 Å². The Kier molecular flexibility index (Phi) is 5.72. The predicted molar refractivity (Wildman–Crippen MR) is 72.3 cm³/mol. The summed E-state index contributed by atoms with van der Waals surface area (Å²) in [6.07, 6.45) is 1.33. The van der Waals surface area contributed by atoms with Gasteiger partial charge >= 0.3 is 0 Å². The van der Waals surface area contributed by atoms with Crippen molar-refractivity contribution >= 4 is 11.6 Å². The van der Waals surface area contributed by atoms with Gasteiger partial charge in [-0.1, -0.05) is 13.0 Å². The molecule has 0 aromatic heterocycles. The van der Waals surface area contributed by atoms with Crippen LogP contribution in [-0.4, -0.2) is 19.0 Å². The van der Waals surface area contributed by atoms with Crippen molar-refractivity contribution in [2.75, 3.05) is 18.4 Å². The molecule has 1 aromatic rings. The first-order valence-electron chi connectivity index (χ1n) is 6.14. The van der Waals surface area contributed by atoms with Crippen molar-refractivity contribution in [3.05, 3.63) is 29.3 Å². The number of rotatable bonds is 6. The summed E-state index contributed by atoms with van der Waals surface area (Å²) in [6.45, 7) is 4.83. The van der Waals surface area contributed by atoms with Crippen LogP contribution in [0.4, 0.5) is 5.69 Å². The number of carbonyl (C=O) groups excluding carboxylic acids is 1. The second-order valence-electron chi connectivity index (χ2n) is 4.11. The number of nitriles is 1. The first-order valence-corrected chi connectivity index (χ1v) is 6.14. The second-order valence-corrected chi connectivity index (χ2v) is 4.11. The summed E-state index contributed by atoms with van der Waals surface area (Å²) in [4.78, 5) is 11.4. The summed E-state index contributed by atoms with van der Waals surface area (Å²) < 4.78 is 0. The Morgan fingerprint density at radius 3 is 2.89 bits per heavy atom. The van der Waals surface area contributed by atoms with Crippen molar-refractivity contribution < 1.29 is 4.79 Å². The van der Waals surface area contributed by atoms with E-state index < -0.39 is 0 Å². The number of carbonyl (C=O) groups is 1. The molecule has 1 aromatic carbocycles. The summed E-state index contributed by atoms with van der Waals surface area (Å²) in [7, 11) is 0. The van der Waals surface area contributed by atoms with Gasteiger partial charge in [0.2, 0.25) is 5.91 Å². The van der Waals surface area contributed by atoms with E-state index in [4.69, 9.17) is 5.26 Å². The quantitative estimate of drug-likeness (QED) is 0.753. The highest BCUT2D eigenvalue weighted by molar-refractivity contribution is 5.80. The van der Waals surface area contributed by atoms with E-state index in [2.05, 4.69) is 36.6 Å². The molecule has 0 fully saturated rings. The first kappa shape index (κ1) is 14.0. The van der Waals surface area contributed by atoms with Gasteiger partial charge in [0.25, 0.3) is 0 Å². The Morgan fingerprint density at radius 1 is 1.44 bits per heavy atom. The van der Waals surface area contributed by atoms with E-state index in [1.54, 1.807) is 0 Å². The Bertz CT molecular complexity index is 449. The van der Waals surface area contributed by atoms with Gasteiger partial charge in [-0.3, -0.25) is 4.79 Å². The molecule has 0 aliphatic rings. The van der Waals surface area contributed by atoms with Crippen LogP contribution in [0.25, 0.3) is 0 Å². The minimum Gasteiger partial charge on any atom is -0.376 e. The average Bonchev–Trinajstić information content (AvgIpc) is 2.38. The maximum Gasteiger partial charge on any atom is 0.239 e. The minimum absolute atomic E-state index is 0.0936. The van der Waals surface area contributed by atoms with Crippen molar-refractivity contribution in [2.24, 2.45) is 0 Å². The fraction of sp³-hybridized carbons (Fsp3) is 0.429. The molecule has 0 saturated carbocycles. The minimum atomic E-state index is -0.0936. The van der Waals surface area contributed by atoms with Crippen LogP contribution in [0.2, 0.25) is 0 Å². The molecule has 2 N–H and O–H groups in total. The van der Waals surface area contributed by atoms with Crippen LogP contribution in [0.5, 0.6) is 0 Å². The number of anilines is 1. The van der Waals surface area contributed by atoms with E-state index in [9.17, 15) is 4.79 Å². The molecule has 0 atom stereocenters. The smallest absolute Gasteiger partial charge is 0.239 e. The van der Waals surface area contributed by atoms with Crippen LogP contribution in [0, 0.1) is 18.3 Å². The van der Waals surface area contributed by atoms with E-state index >= 15 is 0 Å². The lowest BCUT2D eigenvalue weighted by Crippen LogP contribution is -2.30. The SMILES string of the molecule is CCc1cc(NCC(=O)NCCC#N)ccc1C. The number of nitrogens with one attached hydrogen (secondary N) is 2. The molecule has 4 heteroatoms. The molecule has 18 heavy (non-hydrogen) atoms. The summed E-state index contributed by atoms with van der Waals surface area (Å²) in [6, 6.07) is 8.07. The van der Waals surface area contributed by atoms with E-state index in [0.717, 1.165) is 12.1 Å². The van der Waals surface area contributed by atoms with Crippen LogP contribution in [0.3, 0.4) is 0 Å². The lowest BCUT2D eigenvalue weighted by Gasteiger charge is -2.09. The molecular weight excluding hydrogens is 226 g/mol. The highest BCUT2D eigenvalue weighted by Crippen LogP contribution is 2.15. The zero-order valence-corrected chi connectivity index (χ0v) is 10.9. The number of benzene rings is 1. The molecule has 0 aliphatic carbocycles. The van der Waals surface area contributed by atoms with Crippen LogP contribution in [0.1, 0.15) is 24.5 Å². The molecule has 4 nitrogen and oxygen atoms in total. The number of aryl methyl sites for hydroxylation is 2. The number of hydrogen-bond donors (Lipinski definition) is 2. The molecule has 0 bridgehead atoms. The molecule has 0 spiro atoms. The van der Waals surface area contributed by atoms with E-state index in [0.29, 0.717) is 13.0 Å². The first-order chi connectivity index (χ1) is 8.67. The van der Waals surface area contributed by atoms with Gasteiger partial charge in [-0.05, 0) is 36.6 Å². The molecular formula is C14H19N3O. The maximum absolute atomic E-state index is 11.4. The Morgan fingerprint density at radius 2 is 2.22 bits per heavy atom. The number of nitrogens with zero attached hydrogens (tertiary/aromatic N) is 1. The number of amides is 1. The van der Waals surface area contributed by atoms with Gasteiger partial charge in [0, 0.05) is 12.2 Å². The van der Waals surface area contributed by atoms with Crippen molar-refractivity contribution in [1.82, 2.24) is 5.32 Å². The molecule has 0 radical (unpaired) electrons. The van der Waals surface area contributed by atoms with Crippen molar-refractivity contribution in [3.8, 4) is 6.07 Å². The van der Waals surface area contributed by atoms with Gasteiger partial charge in [0.05, 0.1) is 19.0 Å². The highest BCUT2D eigenvalue weighted by atomic mass is 16.1. The standard InChI is InChI=1S/C14H19N3O/c1-3-12-9-13(6-5-11(12)2)17-10-14(18)16-8-4-7-15/h5-6,9,17H,3-4,8,10H2,1-2H3,(H,16,18). The lowest BCUT2D eigenvalue weighted by molar-refractivity contribution is -0.119.